The average molecular weight is 343 g/mol. The minimum atomic E-state index is -0.411. The van der Waals surface area contributed by atoms with Crippen molar-refractivity contribution >= 4 is 38.6 Å². The van der Waals surface area contributed by atoms with E-state index in [2.05, 4.69) is 21.2 Å². The van der Waals surface area contributed by atoms with E-state index < -0.39 is 4.92 Å². The number of nitro benzene ring substituents is 1. The monoisotopic (exact) mass is 342 g/mol. The number of benzene rings is 1. The fraction of sp³-hybridized carbons (Fsp3) is 0.167. The first-order valence-corrected chi connectivity index (χ1v) is 7.01. The molecule has 5 nitrogen and oxygen atoms in total. The van der Waals surface area contributed by atoms with Crippen LogP contribution >= 0.6 is 27.3 Å². The lowest BCUT2D eigenvalue weighted by Gasteiger charge is -2.07. The normalized spacial score (nSPS) is 10.2. The molecular formula is C12H11BrN2O3S. The van der Waals surface area contributed by atoms with Crippen molar-refractivity contribution in [3.05, 3.63) is 49.1 Å². The highest BCUT2D eigenvalue weighted by Gasteiger charge is 2.14. The maximum absolute atomic E-state index is 11.0. The second-order valence-corrected chi connectivity index (χ2v) is 6.25. The quantitative estimate of drug-likeness (QED) is 0.657. The molecule has 19 heavy (non-hydrogen) atoms. The fourth-order valence-electron chi connectivity index (χ4n) is 1.57. The minimum Gasteiger partial charge on any atom is -0.497 e. The Morgan fingerprint density at radius 2 is 2.21 bits per heavy atom. The van der Waals surface area contributed by atoms with E-state index in [-0.39, 0.29) is 5.69 Å². The van der Waals surface area contributed by atoms with Crippen LogP contribution in [0.15, 0.2) is 34.1 Å². The Morgan fingerprint density at radius 3 is 2.79 bits per heavy atom. The molecule has 0 saturated carbocycles. The number of hydrogen-bond donors (Lipinski definition) is 1. The smallest absolute Gasteiger partial charge is 0.292 e. The van der Waals surface area contributed by atoms with Crippen LogP contribution in [0.3, 0.4) is 0 Å². The molecule has 0 atom stereocenters. The summed E-state index contributed by atoms with van der Waals surface area (Å²) in [7, 11) is 1.53. The third kappa shape index (κ3) is 3.45. The van der Waals surface area contributed by atoms with Crippen LogP contribution < -0.4 is 10.1 Å². The molecule has 0 spiro atoms. The van der Waals surface area contributed by atoms with E-state index in [1.165, 1.54) is 13.2 Å². The van der Waals surface area contributed by atoms with Gasteiger partial charge in [-0.15, -0.1) is 11.3 Å². The van der Waals surface area contributed by atoms with Gasteiger partial charge in [0, 0.05) is 23.6 Å². The Bertz CT molecular complexity index is 600. The second kappa shape index (κ2) is 6.03. The van der Waals surface area contributed by atoms with Gasteiger partial charge in [-0.3, -0.25) is 10.1 Å². The van der Waals surface area contributed by atoms with Crippen LogP contribution in [0.5, 0.6) is 5.75 Å². The molecule has 0 bridgehead atoms. The third-order valence-corrected chi connectivity index (χ3v) is 4.11. The van der Waals surface area contributed by atoms with Gasteiger partial charge in [0.1, 0.15) is 11.4 Å². The van der Waals surface area contributed by atoms with Gasteiger partial charge in [-0.1, -0.05) is 0 Å². The fourth-order valence-corrected chi connectivity index (χ4v) is 2.99. The number of nitrogens with zero attached hydrogens (tertiary/aromatic N) is 1. The lowest BCUT2D eigenvalue weighted by atomic mass is 10.2. The van der Waals surface area contributed by atoms with Gasteiger partial charge in [0.2, 0.25) is 0 Å². The predicted octanol–water partition coefficient (Wildman–Crippen LogP) is 4.04. The zero-order valence-corrected chi connectivity index (χ0v) is 12.5. The van der Waals surface area contributed by atoms with Crippen molar-refractivity contribution in [1.82, 2.24) is 0 Å². The van der Waals surface area contributed by atoms with Gasteiger partial charge in [-0.25, -0.2) is 0 Å². The molecule has 1 aromatic carbocycles. The number of rotatable bonds is 5. The summed E-state index contributed by atoms with van der Waals surface area (Å²) in [6.07, 6.45) is 0. The summed E-state index contributed by atoms with van der Waals surface area (Å²) < 4.78 is 6.11. The molecule has 0 amide bonds. The summed E-state index contributed by atoms with van der Waals surface area (Å²) in [5.74, 6) is 0.584. The van der Waals surface area contributed by atoms with Crippen molar-refractivity contribution < 1.29 is 9.66 Å². The number of anilines is 1. The van der Waals surface area contributed by atoms with Crippen LogP contribution in [0.25, 0.3) is 0 Å². The van der Waals surface area contributed by atoms with Crippen molar-refractivity contribution in [3.63, 3.8) is 0 Å². The van der Waals surface area contributed by atoms with E-state index >= 15 is 0 Å². The lowest BCUT2D eigenvalue weighted by Crippen LogP contribution is -2.01. The van der Waals surface area contributed by atoms with Crippen LogP contribution in [-0.2, 0) is 6.54 Å². The molecule has 1 N–H and O–H groups in total. The molecule has 0 aliphatic carbocycles. The van der Waals surface area contributed by atoms with Gasteiger partial charge in [-0.2, -0.15) is 0 Å². The van der Waals surface area contributed by atoms with Crippen LogP contribution in [-0.4, -0.2) is 12.0 Å². The standard InChI is InChI=1S/C12H11BrN2O3S/c1-18-8-2-4-11(15(16)17)10(6-8)14-7-9-3-5-12(13)19-9/h2-6,14H,7H2,1H3. The van der Waals surface area contributed by atoms with Gasteiger partial charge in [0.25, 0.3) is 5.69 Å². The molecule has 0 radical (unpaired) electrons. The number of methoxy groups -OCH3 is 1. The van der Waals surface area contributed by atoms with Crippen molar-refractivity contribution in [1.29, 1.82) is 0 Å². The van der Waals surface area contributed by atoms with Gasteiger partial charge in [-0.05, 0) is 34.1 Å². The van der Waals surface area contributed by atoms with Crippen molar-refractivity contribution in [2.75, 3.05) is 12.4 Å². The number of halogens is 1. The first kappa shape index (κ1) is 13.8. The molecule has 0 aliphatic heterocycles. The van der Waals surface area contributed by atoms with Crippen LogP contribution in [0, 0.1) is 10.1 Å². The molecule has 1 aromatic heterocycles. The topological polar surface area (TPSA) is 64.4 Å². The molecule has 0 fully saturated rings. The van der Waals surface area contributed by atoms with Crippen LogP contribution in [0.1, 0.15) is 4.88 Å². The highest BCUT2D eigenvalue weighted by atomic mass is 79.9. The van der Waals surface area contributed by atoms with Crippen LogP contribution in [0.4, 0.5) is 11.4 Å². The minimum absolute atomic E-state index is 0.0384. The Hall–Kier alpha value is -1.60. The molecule has 2 rings (SSSR count). The van der Waals surface area contributed by atoms with Gasteiger partial charge >= 0.3 is 0 Å². The molecule has 0 saturated heterocycles. The SMILES string of the molecule is COc1ccc([N+](=O)[O-])c(NCc2ccc(Br)s2)c1. The third-order valence-electron chi connectivity index (χ3n) is 2.48. The van der Waals surface area contributed by atoms with E-state index in [0.29, 0.717) is 18.0 Å². The van der Waals surface area contributed by atoms with Crippen molar-refractivity contribution in [2.45, 2.75) is 6.54 Å². The van der Waals surface area contributed by atoms with E-state index in [1.54, 1.807) is 23.5 Å². The van der Waals surface area contributed by atoms with E-state index in [4.69, 9.17) is 4.74 Å². The Morgan fingerprint density at radius 1 is 1.42 bits per heavy atom. The predicted molar refractivity (Wildman–Crippen MR) is 79.0 cm³/mol. The largest absolute Gasteiger partial charge is 0.497 e. The van der Waals surface area contributed by atoms with E-state index in [9.17, 15) is 10.1 Å². The number of hydrogen-bond acceptors (Lipinski definition) is 5. The highest BCUT2D eigenvalue weighted by molar-refractivity contribution is 9.11. The summed E-state index contributed by atoms with van der Waals surface area (Å²) in [6, 6.07) is 8.55. The molecule has 0 aliphatic rings. The molecule has 0 unspecified atom stereocenters. The molecule has 7 heteroatoms. The first-order valence-electron chi connectivity index (χ1n) is 5.40. The van der Waals surface area contributed by atoms with Gasteiger partial charge in [0.05, 0.1) is 15.8 Å². The maximum atomic E-state index is 11.0. The van der Waals surface area contributed by atoms with Gasteiger partial charge < -0.3 is 10.1 Å². The van der Waals surface area contributed by atoms with E-state index in [0.717, 1.165) is 8.66 Å². The maximum Gasteiger partial charge on any atom is 0.292 e. The highest BCUT2D eigenvalue weighted by Crippen LogP contribution is 2.30. The van der Waals surface area contributed by atoms with Gasteiger partial charge in [0.15, 0.2) is 0 Å². The van der Waals surface area contributed by atoms with Crippen molar-refractivity contribution in [2.24, 2.45) is 0 Å². The van der Waals surface area contributed by atoms with Crippen LogP contribution in [0.2, 0.25) is 0 Å². The average Bonchev–Trinajstić information content (AvgIpc) is 2.81. The van der Waals surface area contributed by atoms with Crippen molar-refractivity contribution in [3.8, 4) is 5.75 Å². The molecule has 1 heterocycles. The summed E-state index contributed by atoms with van der Waals surface area (Å²) in [5, 5.41) is 14.0. The Labute approximate surface area is 122 Å². The summed E-state index contributed by atoms with van der Waals surface area (Å²) >= 11 is 4.97. The summed E-state index contributed by atoms with van der Waals surface area (Å²) in [4.78, 5) is 11.6. The zero-order chi connectivity index (χ0) is 13.8. The Kier molecular flexibility index (Phi) is 4.39. The first-order chi connectivity index (χ1) is 9.10. The number of ether oxygens (including phenoxy) is 1. The zero-order valence-electron chi connectivity index (χ0n) is 10.1. The van der Waals surface area contributed by atoms with E-state index in [1.807, 2.05) is 12.1 Å². The molecule has 2 aromatic rings. The summed E-state index contributed by atoms with van der Waals surface area (Å²) in [6.45, 7) is 0.532. The number of thiophene rings is 1. The number of nitrogens with one attached hydrogen (secondary N) is 1. The number of nitro groups is 1. The molecular weight excluding hydrogens is 332 g/mol. The Balaban J connectivity index is 2.19. The summed E-state index contributed by atoms with van der Waals surface area (Å²) in [5.41, 5.74) is 0.491. The molecule has 100 valence electrons. The second-order valence-electron chi connectivity index (χ2n) is 3.70. The lowest BCUT2D eigenvalue weighted by molar-refractivity contribution is -0.384.